The van der Waals surface area contributed by atoms with E-state index in [1.165, 1.54) is 37.6 Å². The highest BCUT2D eigenvalue weighted by Crippen LogP contribution is 2.12. The number of rotatable bonds is 6. The van der Waals surface area contributed by atoms with Crippen LogP contribution in [0.5, 0.6) is 0 Å². The second kappa shape index (κ2) is 5.84. The third-order valence-corrected chi connectivity index (χ3v) is 3.21. The van der Waals surface area contributed by atoms with Crippen molar-refractivity contribution in [3.63, 3.8) is 0 Å². The summed E-state index contributed by atoms with van der Waals surface area (Å²) < 4.78 is 0. The zero-order chi connectivity index (χ0) is 8.81. The number of thioether (sulfide) groups is 1. The first-order valence-corrected chi connectivity index (χ1v) is 5.87. The van der Waals surface area contributed by atoms with E-state index in [1.807, 2.05) is 0 Å². The van der Waals surface area contributed by atoms with E-state index < -0.39 is 0 Å². The maximum absolute atomic E-state index is 3.30. The van der Waals surface area contributed by atoms with Gasteiger partial charge >= 0.3 is 0 Å². The second-order valence-electron chi connectivity index (χ2n) is 3.73. The molecule has 0 saturated carbocycles. The smallest absolute Gasteiger partial charge is 0.00662 e. The first-order chi connectivity index (χ1) is 5.79. The van der Waals surface area contributed by atoms with Crippen molar-refractivity contribution in [2.45, 2.75) is 6.42 Å². The maximum Gasteiger partial charge on any atom is 0.00662 e. The highest BCUT2D eigenvalue weighted by molar-refractivity contribution is 7.99. The van der Waals surface area contributed by atoms with Gasteiger partial charge in [-0.1, -0.05) is 0 Å². The van der Waals surface area contributed by atoms with Gasteiger partial charge in [0.2, 0.25) is 0 Å². The molecule has 1 saturated heterocycles. The molecule has 1 N–H and O–H groups in total. The van der Waals surface area contributed by atoms with Gasteiger partial charge in [-0.2, -0.15) is 11.8 Å². The minimum atomic E-state index is 0.983. The molecule has 0 aliphatic carbocycles. The summed E-state index contributed by atoms with van der Waals surface area (Å²) in [6, 6.07) is 0. The Morgan fingerprint density at radius 2 is 2.08 bits per heavy atom. The van der Waals surface area contributed by atoms with Crippen molar-refractivity contribution in [1.29, 1.82) is 0 Å². The average molecular weight is 188 g/mol. The SMILES string of the molecule is CN(C)CCSCCC1CNC1. The lowest BCUT2D eigenvalue weighted by Gasteiger charge is -2.26. The first kappa shape index (κ1) is 10.4. The predicted molar refractivity (Wildman–Crippen MR) is 56.9 cm³/mol. The van der Waals surface area contributed by atoms with Crippen molar-refractivity contribution in [2.24, 2.45) is 5.92 Å². The molecule has 0 aromatic carbocycles. The normalized spacial score (nSPS) is 18.2. The lowest BCUT2D eigenvalue weighted by molar-refractivity contribution is 0.341. The summed E-state index contributed by atoms with van der Waals surface area (Å²) in [4.78, 5) is 2.25. The molecule has 1 rings (SSSR count). The standard InChI is InChI=1S/C9H20N2S/c1-11(2)4-6-12-5-3-9-7-10-8-9/h9-10H,3-8H2,1-2H3. The van der Waals surface area contributed by atoms with Gasteiger partial charge in [0, 0.05) is 12.3 Å². The van der Waals surface area contributed by atoms with Crippen LogP contribution in [-0.2, 0) is 0 Å². The van der Waals surface area contributed by atoms with Crippen LogP contribution in [0.2, 0.25) is 0 Å². The van der Waals surface area contributed by atoms with E-state index in [2.05, 4.69) is 36.1 Å². The topological polar surface area (TPSA) is 15.3 Å². The van der Waals surface area contributed by atoms with Crippen LogP contribution in [0.25, 0.3) is 0 Å². The highest BCUT2D eigenvalue weighted by atomic mass is 32.2. The van der Waals surface area contributed by atoms with E-state index in [1.54, 1.807) is 0 Å². The molecule has 72 valence electrons. The van der Waals surface area contributed by atoms with Gasteiger partial charge in [0.15, 0.2) is 0 Å². The quantitative estimate of drug-likeness (QED) is 0.623. The van der Waals surface area contributed by atoms with Crippen molar-refractivity contribution in [1.82, 2.24) is 10.2 Å². The van der Waals surface area contributed by atoms with Crippen LogP contribution < -0.4 is 5.32 Å². The fourth-order valence-corrected chi connectivity index (χ4v) is 2.35. The van der Waals surface area contributed by atoms with Gasteiger partial charge in [-0.3, -0.25) is 0 Å². The molecular weight excluding hydrogens is 168 g/mol. The van der Waals surface area contributed by atoms with E-state index in [0.717, 1.165) is 5.92 Å². The maximum atomic E-state index is 3.30. The van der Waals surface area contributed by atoms with Gasteiger partial charge in [-0.05, 0) is 45.3 Å². The molecule has 1 heterocycles. The molecule has 1 aliphatic rings. The van der Waals surface area contributed by atoms with Gasteiger partial charge in [0.1, 0.15) is 0 Å². The fraction of sp³-hybridized carbons (Fsp3) is 1.00. The molecule has 0 aromatic rings. The van der Waals surface area contributed by atoms with Crippen molar-refractivity contribution < 1.29 is 0 Å². The Bertz CT molecular complexity index is 113. The van der Waals surface area contributed by atoms with Gasteiger partial charge in [-0.25, -0.2) is 0 Å². The lowest BCUT2D eigenvalue weighted by atomic mass is 10.0. The molecular formula is C9H20N2S. The molecule has 0 aromatic heterocycles. The molecule has 0 atom stereocenters. The molecule has 2 nitrogen and oxygen atoms in total. The van der Waals surface area contributed by atoms with E-state index in [-0.39, 0.29) is 0 Å². The van der Waals surface area contributed by atoms with Gasteiger partial charge in [0.05, 0.1) is 0 Å². The van der Waals surface area contributed by atoms with Crippen LogP contribution in [-0.4, -0.2) is 50.1 Å². The summed E-state index contributed by atoms with van der Waals surface area (Å²) in [5.41, 5.74) is 0. The van der Waals surface area contributed by atoms with Crippen LogP contribution in [0.3, 0.4) is 0 Å². The Kier molecular flexibility index (Phi) is 5.04. The fourth-order valence-electron chi connectivity index (χ4n) is 1.15. The second-order valence-corrected chi connectivity index (χ2v) is 4.95. The zero-order valence-corrected chi connectivity index (χ0v) is 8.99. The van der Waals surface area contributed by atoms with Crippen molar-refractivity contribution in [3.05, 3.63) is 0 Å². The highest BCUT2D eigenvalue weighted by Gasteiger charge is 2.15. The van der Waals surface area contributed by atoms with Crippen molar-refractivity contribution in [3.8, 4) is 0 Å². The monoisotopic (exact) mass is 188 g/mol. The van der Waals surface area contributed by atoms with Crippen LogP contribution in [0, 0.1) is 5.92 Å². The third kappa shape index (κ3) is 4.33. The van der Waals surface area contributed by atoms with Crippen molar-refractivity contribution in [2.75, 3.05) is 45.2 Å². The number of nitrogens with zero attached hydrogens (tertiary/aromatic N) is 1. The Hall–Kier alpha value is 0.270. The third-order valence-electron chi connectivity index (χ3n) is 2.22. The van der Waals surface area contributed by atoms with Crippen LogP contribution in [0.15, 0.2) is 0 Å². The first-order valence-electron chi connectivity index (χ1n) is 4.72. The Morgan fingerprint density at radius 1 is 1.33 bits per heavy atom. The summed E-state index contributed by atoms with van der Waals surface area (Å²) in [5.74, 6) is 3.62. The van der Waals surface area contributed by atoms with Crippen LogP contribution >= 0.6 is 11.8 Å². The Morgan fingerprint density at radius 3 is 2.58 bits per heavy atom. The summed E-state index contributed by atoms with van der Waals surface area (Å²) in [7, 11) is 4.27. The Balaban J connectivity index is 1.76. The average Bonchev–Trinajstić information content (AvgIpc) is 1.92. The van der Waals surface area contributed by atoms with E-state index in [4.69, 9.17) is 0 Å². The summed E-state index contributed by atoms with van der Waals surface area (Å²) in [6.07, 6.45) is 1.41. The Labute approximate surface area is 80.1 Å². The molecule has 0 amide bonds. The minimum absolute atomic E-state index is 0.983. The van der Waals surface area contributed by atoms with Gasteiger partial charge in [-0.15, -0.1) is 0 Å². The molecule has 12 heavy (non-hydrogen) atoms. The van der Waals surface area contributed by atoms with E-state index in [9.17, 15) is 0 Å². The summed E-state index contributed by atoms with van der Waals surface area (Å²) >= 11 is 2.09. The van der Waals surface area contributed by atoms with Crippen LogP contribution in [0.4, 0.5) is 0 Å². The molecule has 0 radical (unpaired) electrons. The molecule has 3 heteroatoms. The number of hydrogen-bond acceptors (Lipinski definition) is 3. The molecule has 1 fully saturated rings. The predicted octanol–water partition coefficient (Wildman–Crippen LogP) is 0.891. The minimum Gasteiger partial charge on any atom is -0.316 e. The molecule has 0 bridgehead atoms. The van der Waals surface area contributed by atoms with Crippen LogP contribution in [0.1, 0.15) is 6.42 Å². The van der Waals surface area contributed by atoms with Gasteiger partial charge < -0.3 is 10.2 Å². The van der Waals surface area contributed by atoms with Gasteiger partial charge in [0.25, 0.3) is 0 Å². The molecule has 0 unspecified atom stereocenters. The lowest BCUT2D eigenvalue weighted by Crippen LogP contribution is -2.42. The number of hydrogen-bond donors (Lipinski definition) is 1. The summed E-state index contributed by atoms with van der Waals surface area (Å²) in [6.45, 7) is 3.73. The van der Waals surface area contributed by atoms with Crippen molar-refractivity contribution >= 4 is 11.8 Å². The largest absolute Gasteiger partial charge is 0.316 e. The summed E-state index contributed by atoms with van der Waals surface area (Å²) in [5, 5.41) is 3.30. The zero-order valence-electron chi connectivity index (χ0n) is 8.18. The molecule has 1 aliphatic heterocycles. The van der Waals surface area contributed by atoms with E-state index >= 15 is 0 Å². The molecule has 0 spiro atoms. The number of nitrogens with one attached hydrogen (secondary N) is 1. The van der Waals surface area contributed by atoms with E-state index in [0.29, 0.717) is 0 Å².